The van der Waals surface area contributed by atoms with Crippen LogP contribution in [0.1, 0.15) is 13.3 Å². The van der Waals surface area contributed by atoms with E-state index >= 15 is 0 Å². The fraction of sp³-hybridized carbons (Fsp3) is 1.00. The van der Waals surface area contributed by atoms with Crippen molar-refractivity contribution in [3.8, 4) is 0 Å². The number of nitrogens with two attached hydrogens (primary N) is 1. The highest BCUT2D eigenvalue weighted by atomic mass is 127. The van der Waals surface area contributed by atoms with Gasteiger partial charge in [-0.2, -0.15) is 0 Å². The molecule has 1 saturated carbocycles. The monoisotopic (exact) mass is 197 g/mol. The molecule has 2 heteroatoms. The summed E-state index contributed by atoms with van der Waals surface area (Å²) in [6, 6.07) is 0. The Hall–Kier alpha value is 0.690. The molecule has 0 radical (unpaired) electrons. The molecule has 1 aliphatic carbocycles. The largest absolute Gasteiger partial charge is 0.317 e. The van der Waals surface area contributed by atoms with Gasteiger partial charge in [0.2, 0.25) is 0 Å². The minimum atomic E-state index is 0.178. The van der Waals surface area contributed by atoms with Crippen LogP contribution in [0.3, 0.4) is 0 Å². The zero-order chi connectivity index (χ0) is 4.78. The standard InChI is InChI=1S/C4H8IN/c1-3-2-4(3,5)6/h3H,2,6H2,1H3/t3?,4-/m0/s1. The number of halogens is 1. The summed E-state index contributed by atoms with van der Waals surface area (Å²) in [7, 11) is 0. The van der Waals surface area contributed by atoms with Crippen LogP contribution in [0.5, 0.6) is 0 Å². The Bertz CT molecular complexity index is 69.9. The van der Waals surface area contributed by atoms with Gasteiger partial charge in [-0.15, -0.1) is 0 Å². The quantitative estimate of drug-likeness (QED) is 0.351. The maximum Gasteiger partial charge on any atom is 0.0710 e. The third kappa shape index (κ3) is 0.680. The normalized spacial score (nSPS) is 55.5. The Morgan fingerprint density at radius 1 is 2.00 bits per heavy atom. The Kier molecular flexibility index (Phi) is 0.883. The topological polar surface area (TPSA) is 26.0 Å². The molecule has 0 heterocycles. The molecule has 2 N–H and O–H groups in total. The molecule has 0 spiro atoms. The average molecular weight is 197 g/mol. The highest BCUT2D eigenvalue weighted by Crippen LogP contribution is 2.45. The van der Waals surface area contributed by atoms with Gasteiger partial charge in [0.1, 0.15) is 0 Å². The molecule has 0 amide bonds. The maximum atomic E-state index is 5.60. The van der Waals surface area contributed by atoms with Crippen molar-refractivity contribution in [1.29, 1.82) is 0 Å². The first-order valence-corrected chi connectivity index (χ1v) is 3.18. The molecule has 1 rings (SSSR count). The summed E-state index contributed by atoms with van der Waals surface area (Å²) in [6.07, 6.45) is 1.20. The van der Waals surface area contributed by atoms with Gasteiger partial charge in [-0.25, -0.2) is 0 Å². The van der Waals surface area contributed by atoms with Crippen LogP contribution >= 0.6 is 22.6 Å². The molecule has 36 valence electrons. The van der Waals surface area contributed by atoms with E-state index in [1.807, 2.05) is 0 Å². The molecule has 2 atom stereocenters. The van der Waals surface area contributed by atoms with E-state index < -0.39 is 0 Å². The second-order valence-corrected chi connectivity index (χ2v) is 4.04. The summed E-state index contributed by atoms with van der Waals surface area (Å²) in [5.74, 6) is 0.762. The molecule has 1 fully saturated rings. The van der Waals surface area contributed by atoms with Crippen LogP contribution in [0.15, 0.2) is 0 Å². The molecule has 1 unspecified atom stereocenters. The van der Waals surface area contributed by atoms with Gasteiger partial charge in [0.05, 0.1) is 3.55 Å². The highest BCUT2D eigenvalue weighted by molar-refractivity contribution is 14.1. The van der Waals surface area contributed by atoms with Gasteiger partial charge in [0, 0.05) is 0 Å². The first-order chi connectivity index (χ1) is 2.63. The van der Waals surface area contributed by atoms with Crippen molar-refractivity contribution in [2.24, 2.45) is 11.7 Å². The van der Waals surface area contributed by atoms with Gasteiger partial charge < -0.3 is 5.73 Å². The first kappa shape index (κ1) is 4.84. The molecule has 1 nitrogen and oxygen atoms in total. The molecule has 0 saturated heterocycles. The molecular weight excluding hydrogens is 189 g/mol. The van der Waals surface area contributed by atoms with Crippen molar-refractivity contribution in [2.45, 2.75) is 16.9 Å². The summed E-state index contributed by atoms with van der Waals surface area (Å²) in [4.78, 5) is 0. The van der Waals surface area contributed by atoms with Gasteiger partial charge in [0.15, 0.2) is 0 Å². The second kappa shape index (κ2) is 1.10. The zero-order valence-corrected chi connectivity index (χ0v) is 5.90. The van der Waals surface area contributed by atoms with E-state index in [-0.39, 0.29) is 3.55 Å². The zero-order valence-electron chi connectivity index (χ0n) is 3.74. The summed E-state index contributed by atoms with van der Waals surface area (Å²) < 4.78 is 0.178. The lowest BCUT2D eigenvalue weighted by Gasteiger charge is -1.90. The van der Waals surface area contributed by atoms with E-state index in [2.05, 4.69) is 29.5 Å². The summed E-state index contributed by atoms with van der Waals surface area (Å²) in [6.45, 7) is 2.17. The van der Waals surface area contributed by atoms with E-state index in [1.165, 1.54) is 6.42 Å². The van der Waals surface area contributed by atoms with Crippen LogP contribution in [0.25, 0.3) is 0 Å². The third-order valence-corrected chi connectivity index (χ3v) is 2.78. The average Bonchev–Trinajstić information content (AvgIpc) is 1.73. The number of hydrogen-bond donors (Lipinski definition) is 1. The Labute approximate surface area is 51.4 Å². The minimum absolute atomic E-state index is 0.178. The summed E-state index contributed by atoms with van der Waals surface area (Å²) >= 11 is 2.29. The van der Waals surface area contributed by atoms with Gasteiger partial charge >= 0.3 is 0 Å². The van der Waals surface area contributed by atoms with Gasteiger partial charge in [0.25, 0.3) is 0 Å². The summed E-state index contributed by atoms with van der Waals surface area (Å²) in [5.41, 5.74) is 5.60. The van der Waals surface area contributed by atoms with Crippen LogP contribution in [0, 0.1) is 5.92 Å². The molecule has 0 aliphatic heterocycles. The SMILES string of the molecule is CC1C[C@@]1(N)I. The lowest BCUT2D eigenvalue weighted by molar-refractivity contribution is 0.874. The Morgan fingerprint density at radius 2 is 2.17 bits per heavy atom. The molecule has 6 heavy (non-hydrogen) atoms. The predicted molar refractivity (Wildman–Crippen MR) is 34.7 cm³/mol. The van der Waals surface area contributed by atoms with E-state index in [0.717, 1.165) is 5.92 Å². The fourth-order valence-corrected chi connectivity index (χ4v) is 1.07. The van der Waals surface area contributed by atoms with Crippen LogP contribution < -0.4 is 5.73 Å². The maximum absolute atomic E-state index is 5.60. The third-order valence-electron chi connectivity index (χ3n) is 1.28. The highest BCUT2D eigenvalue weighted by Gasteiger charge is 2.44. The molecule has 1 aliphatic rings. The van der Waals surface area contributed by atoms with Crippen LogP contribution in [0.2, 0.25) is 0 Å². The van der Waals surface area contributed by atoms with E-state index in [9.17, 15) is 0 Å². The van der Waals surface area contributed by atoms with Crippen LogP contribution in [0.4, 0.5) is 0 Å². The number of alkyl halides is 1. The Balaban J connectivity index is 2.41. The van der Waals surface area contributed by atoms with E-state index in [1.54, 1.807) is 0 Å². The van der Waals surface area contributed by atoms with Crippen molar-refractivity contribution in [3.05, 3.63) is 0 Å². The molecule has 0 aromatic heterocycles. The number of rotatable bonds is 0. The van der Waals surface area contributed by atoms with Crippen LogP contribution in [-0.4, -0.2) is 3.55 Å². The van der Waals surface area contributed by atoms with Crippen molar-refractivity contribution >= 4 is 22.6 Å². The summed E-state index contributed by atoms with van der Waals surface area (Å²) in [5, 5.41) is 0. The minimum Gasteiger partial charge on any atom is -0.317 e. The molecule has 0 aromatic carbocycles. The second-order valence-electron chi connectivity index (χ2n) is 2.03. The smallest absolute Gasteiger partial charge is 0.0710 e. The Morgan fingerprint density at radius 3 is 2.17 bits per heavy atom. The fourth-order valence-electron chi connectivity index (χ4n) is 0.410. The van der Waals surface area contributed by atoms with E-state index in [4.69, 9.17) is 5.73 Å². The van der Waals surface area contributed by atoms with Gasteiger partial charge in [-0.1, -0.05) is 29.5 Å². The van der Waals surface area contributed by atoms with Crippen LogP contribution in [-0.2, 0) is 0 Å². The first-order valence-electron chi connectivity index (χ1n) is 2.11. The molecule has 0 aromatic rings. The molecular formula is C4H8IN. The van der Waals surface area contributed by atoms with Crippen molar-refractivity contribution in [3.63, 3.8) is 0 Å². The van der Waals surface area contributed by atoms with E-state index in [0.29, 0.717) is 0 Å². The van der Waals surface area contributed by atoms with Gasteiger partial charge in [-0.05, 0) is 12.3 Å². The van der Waals surface area contributed by atoms with Crippen molar-refractivity contribution < 1.29 is 0 Å². The predicted octanol–water partition coefficient (Wildman–Crippen LogP) is 1.12. The van der Waals surface area contributed by atoms with Crippen molar-refractivity contribution in [1.82, 2.24) is 0 Å². The number of hydrogen-bond acceptors (Lipinski definition) is 1. The lowest BCUT2D eigenvalue weighted by Crippen LogP contribution is -2.13. The van der Waals surface area contributed by atoms with Gasteiger partial charge in [-0.3, -0.25) is 0 Å². The van der Waals surface area contributed by atoms with Crippen molar-refractivity contribution in [2.75, 3.05) is 0 Å². The molecule has 0 bridgehead atoms. The lowest BCUT2D eigenvalue weighted by atomic mass is 10.5.